The highest BCUT2D eigenvalue weighted by Gasteiger charge is 2.18. The molecule has 1 aliphatic heterocycles. The summed E-state index contributed by atoms with van der Waals surface area (Å²) in [6.07, 6.45) is 1.66. The van der Waals surface area contributed by atoms with Gasteiger partial charge in [-0.15, -0.1) is 0 Å². The van der Waals surface area contributed by atoms with Gasteiger partial charge in [-0.05, 0) is 54.7 Å². The Balaban J connectivity index is 1.52. The van der Waals surface area contributed by atoms with Crippen molar-refractivity contribution in [2.75, 3.05) is 38.7 Å². The van der Waals surface area contributed by atoms with Gasteiger partial charge >= 0.3 is 5.63 Å². The SMILES string of the molecule is COc1ccc2cc(C(=O)Nc3ccc(CN4CCOCC4)cc3)c(=O)oc2c1CCC(C)C. The monoisotopic (exact) mass is 464 g/mol. The summed E-state index contributed by atoms with van der Waals surface area (Å²) in [4.78, 5) is 28.0. The number of benzene rings is 2. The van der Waals surface area contributed by atoms with Crippen LogP contribution in [0, 0.1) is 5.92 Å². The summed E-state index contributed by atoms with van der Waals surface area (Å²) in [5.74, 6) is 0.693. The van der Waals surface area contributed by atoms with E-state index in [1.807, 2.05) is 36.4 Å². The van der Waals surface area contributed by atoms with Crippen molar-refractivity contribution in [1.29, 1.82) is 0 Å². The van der Waals surface area contributed by atoms with Crippen LogP contribution in [0.1, 0.15) is 41.8 Å². The molecule has 0 saturated carbocycles. The number of amides is 1. The Labute approximate surface area is 199 Å². The molecule has 2 aromatic carbocycles. The highest BCUT2D eigenvalue weighted by atomic mass is 16.5. The fraction of sp³-hybridized carbons (Fsp3) is 0.407. The Hall–Kier alpha value is -3.16. The second-order valence-electron chi connectivity index (χ2n) is 9.08. The number of nitrogens with one attached hydrogen (secondary N) is 1. The van der Waals surface area contributed by atoms with Crippen molar-refractivity contribution in [1.82, 2.24) is 4.90 Å². The number of anilines is 1. The molecule has 7 heteroatoms. The third kappa shape index (κ3) is 5.66. The molecule has 2 heterocycles. The van der Waals surface area contributed by atoms with Gasteiger partial charge in [0, 0.05) is 36.3 Å². The van der Waals surface area contributed by atoms with E-state index >= 15 is 0 Å². The number of nitrogens with zero attached hydrogens (tertiary/aromatic N) is 1. The maximum Gasteiger partial charge on any atom is 0.349 e. The smallest absolute Gasteiger partial charge is 0.349 e. The number of hydrogen-bond acceptors (Lipinski definition) is 6. The van der Waals surface area contributed by atoms with Crippen molar-refractivity contribution in [3.8, 4) is 5.75 Å². The molecule has 1 fully saturated rings. The Bertz CT molecular complexity index is 1190. The average molecular weight is 465 g/mol. The molecule has 1 aliphatic rings. The topological polar surface area (TPSA) is 81.0 Å². The number of fused-ring (bicyclic) bond motifs is 1. The minimum atomic E-state index is -0.659. The van der Waals surface area contributed by atoms with Gasteiger partial charge in [0.1, 0.15) is 16.9 Å². The number of aryl methyl sites for hydroxylation is 1. The predicted octanol–water partition coefficient (Wildman–Crippen LogP) is 4.47. The van der Waals surface area contributed by atoms with Gasteiger partial charge in [0.2, 0.25) is 0 Å². The van der Waals surface area contributed by atoms with Crippen LogP contribution < -0.4 is 15.7 Å². The highest BCUT2D eigenvalue weighted by molar-refractivity contribution is 6.05. The summed E-state index contributed by atoms with van der Waals surface area (Å²) in [6.45, 7) is 8.48. The summed E-state index contributed by atoms with van der Waals surface area (Å²) < 4.78 is 16.5. The Morgan fingerprint density at radius 1 is 1.12 bits per heavy atom. The van der Waals surface area contributed by atoms with Crippen LogP contribution in [0.4, 0.5) is 5.69 Å². The number of rotatable bonds is 8. The number of carbonyl (C=O) groups excluding carboxylic acids is 1. The molecule has 3 aromatic rings. The first-order chi connectivity index (χ1) is 16.4. The maximum absolute atomic E-state index is 12.9. The first kappa shape index (κ1) is 24.0. The van der Waals surface area contributed by atoms with Gasteiger partial charge in [-0.25, -0.2) is 4.79 Å². The van der Waals surface area contributed by atoms with Crippen LogP contribution >= 0.6 is 0 Å². The number of hydrogen-bond donors (Lipinski definition) is 1. The lowest BCUT2D eigenvalue weighted by molar-refractivity contribution is 0.0342. The number of morpholine rings is 1. The first-order valence-electron chi connectivity index (χ1n) is 11.8. The molecule has 1 N–H and O–H groups in total. The van der Waals surface area contributed by atoms with E-state index < -0.39 is 11.5 Å². The predicted molar refractivity (Wildman–Crippen MR) is 133 cm³/mol. The first-order valence-corrected chi connectivity index (χ1v) is 11.8. The van der Waals surface area contributed by atoms with Crippen molar-refractivity contribution in [3.05, 3.63) is 69.6 Å². The van der Waals surface area contributed by atoms with Crippen molar-refractivity contribution >= 4 is 22.6 Å². The molecule has 1 saturated heterocycles. The second-order valence-corrected chi connectivity index (χ2v) is 9.08. The lowest BCUT2D eigenvalue weighted by Gasteiger charge is -2.26. The van der Waals surface area contributed by atoms with Crippen molar-refractivity contribution in [2.45, 2.75) is 33.2 Å². The Kier molecular flexibility index (Phi) is 7.65. The quantitative estimate of drug-likeness (QED) is 0.495. The molecule has 34 heavy (non-hydrogen) atoms. The van der Waals surface area contributed by atoms with E-state index in [9.17, 15) is 9.59 Å². The molecule has 0 radical (unpaired) electrons. The van der Waals surface area contributed by atoms with E-state index in [2.05, 4.69) is 24.1 Å². The van der Waals surface area contributed by atoms with Crippen LogP contribution in [0.2, 0.25) is 0 Å². The van der Waals surface area contributed by atoms with Gasteiger partial charge < -0.3 is 19.2 Å². The van der Waals surface area contributed by atoms with Crippen LogP contribution in [0.3, 0.4) is 0 Å². The highest BCUT2D eigenvalue weighted by Crippen LogP contribution is 2.30. The van der Waals surface area contributed by atoms with E-state index in [1.165, 1.54) is 0 Å². The zero-order valence-corrected chi connectivity index (χ0v) is 20.1. The standard InChI is InChI=1S/C27H32N2O5/c1-18(2)4-10-22-24(32-3)11-7-20-16-23(27(31)34-25(20)22)26(30)28-21-8-5-19(6-9-21)17-29-12-14-33-15-13-29/h5-9,11,16,18H,4,10,12-15,17H2,1-3H3,(H,28,30). The molecule has 0 aliphatic carbocycles. The largest absolute Gasteiger partial charge is 0.496 e. The zero-order chi connectivity index (χ0) is 24.1. The Morgan fingerprint density at radius 2 is 1.85 bits per heavy atom. The molecular weight excluding hydrogens is 432 g/mol. The Morgan fingerprint density at radius 3 is 2.53 bits per heavy atom. The molecule has 0 bridgehead atoms. The lowest BCUT2D eigenvalue weighted by Crippen LogP contribution is -2.35. The van der Waals surface area contributed by atoms with Crippen molar-refractivity contribution in [2.24, 2.45) is 5.92 Å². The van der Waals surface area contributed by atoms with Gasteiger partial charge in [-0.1, -0.05) is 26.0 Å². The van der Waals surface area contributed by atoms with Crippen LogP contribution in [-0.4, -0.2) is 44.2 Å². The summed E-state index contributed by atoms with van der Waals surface area (Å²) in [5.41, 5.74) is 2.44. The van der Waals surface area contributed by atoms with Gasteiger partial charge in [0.25, 0.3) is 5.91 Å². The van der Waals surface area contributed by atoms with Crippen molar-refractivity contribution in [3.63, 3.8) is 0 Å². The number of methoxy groups -OCH3 is 1. The molecule has 7 nitrogen and oxygen atoms in total. The molecule has 1 aromatic heterocycles. The maximum atomic E-state index is 12.9. The molecule has 180 valence electrons. The van der Waals surface area contributed by atoms with E-state index in [0.29, 0.717) is 28.3 Å². The molecule has 1 amide bonds. The van der Waals surface area contributed by atoms with E-state index in [4.69, 9.17) is 13.9 Å². The van der Waals surface area contributed by atoms with Crippen LogP contribution in [-0.2, 0) is 17.7 Å². The van der Waals surface area contributed by atoms with Gasteiger partial charge in [0.05, 0.1) is 20.3 Å². The lowest BCUT2D eigenvalue weighted by atomic mass is 9.99. The zero-order valence-electron chi connectivity index (χ0n) is 20.1. The fourth-order valence-corrected chi connectivity index (χ4v) is 4.15. The van der Waals surface area contributed by atoms with Crippen LogP contribution in [0.15, 0.2) is 51.7 Å². The van der Waals surface area contributed by atoms with E-state index in [1.54, 1.807) is 13.2 Å². The summed E-state index contributed by atoms with van der Waals surface area (Å²) in [7, 11) is 1.60. The number of carbonyl (C=O) groups is 1. The third-order valence-corrected chi connectivity index (χ3v) is 6.12. The van der Waals surface area contributed by atoms with Crippen LogP contribution in [0.5, 0.6) is 5.75 Å². The summed E-state index contributed by atoms with van der Waals surface area (Å²) in [6, 6.07) is 12.9. The van der Waals surface area contributed by atoms with E-state index in [-0.39, 0.29) is 5.56 Å². The minimum absolute atomic E-state index is 0.0233. The molecule has 0 unspecified atom stereocenters. The van der Waals surface area contributed by atoms with Gasteiger partial charge in [-0.2, -0.15) is 0 Å². The third-order valence-electron chi connectivity index (χ3n) is 6.12. The van der Waals surface area contributed by atoms with Gasteiger partial charge in [-0.3, -0.25) is 9.69 Å². The number of ether oxygens (including phenoxy) is 2. The summed E-state index contributed by atoms with van der Waals surface area (Å²) >= 11 is 0. The second kappa shape index (κ2) is 10.8. The van der Waals surface area contributed by atoms with Gasteiger partial charge in [0.15, 0.2) is 0 Å². The summed E-state index contributed by atoms with van der Waals surface area (Å²) in [5, 5.41) is 3.51. The normalized spacial score (nSPS) is 14.5. The fourth-order valence-electron chi connectivity index (χ4n) is 4.15. The van der Waals surface area contributed by atoms with Crippen molar-refractivity contribution < 1.29 is 18.7 Å². The molecule has 4 rings (SSSR count). The van der Waals surface area contributed by atoms with E-state index in [0.717, 1.165) is 56.8 Å². The molecular formula is C27H32N2O5. The van der Waals surface area contributed by atoms with Crippen LogP contribution in [0.25, 0.3) is 11.0 Å². The minimum Gasteiger partial charge on any atom is -0.496 e. The molecule has 0 spiro atoms. The average Bonchev–Trinajstić information content (AvgIpc) is 2.83. The molecule has 0 atom stereocenters.